The average Bonchev–Trinajstić information content (AvgIpc) is 3.18. The lowest BCUT2D eigenvalue weighted by atomic mass is 10.1. The fourth-order valence-electron chi connectivity index (χ4n) is 2.89. The summed E-state index contributed by atoms with van der Waals surface area (Å²) in [7, 11) is 2.06. The topological polar surface area (TPSA) is 51.6 Å². The first kappa shape index (κ1) is 16.3. The smallest absolute Gasteiger partial charge is 0.139 e. The second kappa shape index (κ2) is 7.32. The van der Waals surface area contributed by atoms with Crippen LogP contribution in [0.1, 0.15) is 68.1 Å². The molecule has 0 aromatic carbocycles. The van der Waals surface area contributed by atoms with Crippen LogP contribution in [0.25, 0.3) is 0 Å². The summed E-state index contributed by atoms with van der Waals surface area (Å²) in [5.41, 5.74) is 0.957. The summed E-state index contributed by atoms with van der Waals surface area (Å²) < 4.78 is 17.1. The van der Waals surface area contributed by atoms with Crippen molar-refractivity contribution in [2.75, 3.05) is 13.7 Å². The maximum Gasteiger partial charge on any atom is 0.139 e. The van der Waals surface area contributed by atoms with Gasteiger partial charge in [-0.1, -0.05) is 19.0 Å². The monoisotopic (exact) mass is 318 g/mol. The Bertz CT molecular complexity index is 611. The van der Waals surface area contributed by atoms with E-state index in [2.05, 4.69) is 31.0 Å². The number of furan rings is 1. The van der Waals surface area contributed by atoms with Gasteiger partial charge in [-0.15, -0.1) is 0 Å². The first-order valence-corrected chi connectivity index (χ1v) is 8.46. The molecule has 0 unspecified atom stereocenters. The summed E-state index contributed by atoms with van der Waals surface area (Å²) in [5, 5.41) is 4.13. The van der Waals surface area contributed by atoms with Crippen LogP contribution < -0.4 is 0 Å². The van der Waals surface area contributed by atoms with E-state index in [1.807, 2.05) is 18.2 Å². The molecular formula is C18H26N2O3. The molecule has 126 valence electrons. The van der Waals surface area contributed by atoms with Crippen molar-refractivity contribution >= 4 is 0 Å². The van der Waals surface area contributed by atoms with Gasteiger partial charge in [0.15, 0.2) is 0 Å². The van der Waals surface area contributed by atoms with Crippen LogP contribution in [0.2, 0.25) is 0 Å². The Kier molecular flexibility index (Phi) is 5.18. The predicted octanol–water partition coefficient (Wildman–Crippen LogP) is 4.26. The second-order valence-corrected chi connectivity index (χ2v) is 6.71. The highest BCUT2D eigenvalue weighted by atomic mass is 16.5. The van der Waals surface area contributed by atoms with E-state index in [1.54, 1.807) is 0 Å². The quantitative estimate of drug-likeness (QED) is 0.796. The summed E-state index contributed by atoms with van der Waals surface area (Å²) in [5.74, 6) is 3.22. The van der Waals surface area contributed by atoms with Crippen molar-refractivity contribution in [3.05, 3.63) is 41.2 Å². The molecule has 0 amide bonds. The molecule has 0 bridgehead atoms. The van der Waals surface area contributed by atoms with E-state index in [1.165, 1.54) is 6.42 Å². The van der Waals surface area contributed by atoms with Gasteiger partial charge in [0.2, 0.25) is 0 Å². The maximum atomic E-state index is 5.96. The van der Waals surface area contributed by atoms with Gasteiger partial charge in [-0.2, -0.15) is 0 Å². The van der Waals surface area contributed by atoms with Crippen LogP contribution >= 0.6 is 0 Å². The van der Waals surface area contributed by atoms with Crippen molar-refractivity contribution in [2.45, 2.75) is 58.2 Å². The SMILES string of the molecule is CC(C)c1cc(CN(C)Cc2ccc([C@@H]3CCCCO3)o2)no1. The van der Waals surface area contributed by atoms with Gasteiger partial charge in [0.1, 0.15) is 23.4 Å². The van der Waals surface area contributed by atoms with Crippen molar-refractivity contribution in [3.8, 4) is 0 Å². The van der Waals surface area contributed by atoms with Gasteiger partial charge in [0, 0.05) is 25.1 Å². The van der Waals surface area contributed by atoms with E-state index in [4.69, 9.17) is 13.7 Å². The van der Waals surface area contributed by atoms with Crippen molar-refractivity contribution in [2.24, 2.45) is 0 Å². The fraction of sp³-hybridized carbons (Fsp3) is 0.611. The van der Waals surface area contributed by atoms with Crippen LogP contribution in [-0.2, 0) is 17.8 Å². The number of nitrogens with zero attached hydrogens (tertiary/aromatic N) is 2. The van der Waals surface area contributed by atoms with Crippen LogP contribution in [0.5, 0.6) is 0 Å². The number of rotatable bonds is 6. The molecule has 3 heterocycles. The second-order valence-electron chi connectivity index (χ2n) is 6.71. The van der Waals surface area contributed by atoms with E-state index < -0.39 is 0 Å². The van der Waals surface area contributed by atoms with Crippen molar-refractivity contribution < 1.29 is 13.7 Å². The molecular weight excluding hydrogens is 292 g/mol. The summed E-state index contributed by atoms with van der Waals surface area (Å²) in [6.45, 7) is 6.53. The summed E-state index contributed by atoms with van der Waals surface area (Å²) in [4.78, 5) is 2.17. The molecule has 1 aliphatic heterocycles. The van der Waals surface area contributed by atoms with Crippen LogP contribution in [0.4, 0.5) is 0 Å². The van der Waals surface area contributed by atoms with Crippen LogP contribution in [0, 0.1) is 0 Å². The number of hydrogen-bond donors (Lipinski definition) is 0. The average molecular weight is 318 g/mol. The van der Waals surface area contributed by atoms with Crippen molar-refractivity contribution in [1.82, 2.24) is 10.1 Å². The Morgan fingerprint density at radius 3 is 2.83 bits per heavy atom. The maximum absolute atomic E-state index is 5.96. The lowest BCUT2D eigenvalue weighted by Gasteiger charge is -2.20. The highest BCUT2D eigenvalue weighted by Gasteiger charge is 2.20. The zero-order valence-corrected chi connectivity index (χ0v) is 14.2. The van der Waals surface area contributed by atoms with Crippen LogP contribution in [0.3, 0.4) is 0 Å². The lowest BCUT2D eigenvalue weighted by Crippen LogP contribution is -2.17. The summed E-state index contributed by atoms with van der Waals surface area (Å²) in [6.07, 6.45) is 3.56. The molecule has 1 aliphatic rings. The molecule has 5 nitrogen and oxygen atoms in total. The van der Waals surface area contributed by atoms with Crippen LogP contribution in [-0.4, -0.2) is 23.7 Å². The fourth-order valence-corrected chi connectivity index (χ4v) is 2.89. The largest absolute Gasteiger partial charge is 0.462 e. The van der Waals surface area contributed by atoms with E-state index >= 15 is 0 Å². The van der Waals surface area contributed by atoms with E-state index in [0.717, 1.165) is 55.5 Å². The molecule has 1 fully saturated rings. The molecule has 1 atom stereocenters. The van der Waals surface area contributed by atoms with E-state index in [-0.39, 0.29) is 6.10 Å². The lowest BCUT2D eigenvalue weighted by molar-refractivity contribution is 0.000902. The minimum Gasteiger partial charge on any atom is -0.462 e. The number of aromatic nitrogens is 1. The molecule has 23 heavy (non-hydrogen) atoms. The van der Waals surface area contributed by atoms with E-state index in [0.29, 0.717) is 5.92 Å². The molecule has 5 heteroatoms. The Morgan fingerprint density at radius 2 is 2.13 bits per heavy atom. The Hall–Kier alpha value is -1.59. The minimum absolute atomic E-state index is 0.131. The van der Waals surface area contributed by atoms with Crippen LogP contribution in [0.15, 0.2) is 27.1 Å². The zero-order chi connectivity index (χ0) is 16.2. The number of ether oxygens (including phenoxy) is 1. The molecule has 2 aromatic heterocycles. The van der Waals surface area contributed by atoms with Gasteiger partial charge in [0.05, 0.1) is 12.2 Å². The minimum atomic E-state index is 0.131. The van der Waals surface area contributed by atoms with Gasteiger partial charge in [0.25, 0.3) is 0 Å². The third-order valence-electron chi connectivity index (χ3n) is 4.18. The Morgan fingerprint density at radius 1 is 1.26 bits per heavy atom. The molecule has 1 saturated heterocycles. The third-order valence-corrected chi connectivity index (χ3v) is 4.18. The summed E-state index contributed by atoms with van der Waals surface area (Å²) >= 11 is 0. The zero-order valence-electron chi connectivity index (χ0n) is 14.2. The van der Waals surface area contributed by atoms with Gasteiger partial charge < -0.3 is 13.7 Å². The highest BCUT2D eigenvalue weighted by molar-refractivity contribution is 5.11. The molecule has 0 saturated carbocycles. The first-order chi connectivity index (χ1) is 11.1. The van der Waals surface area contributed by atoms with Gasteiger partial charge in [-0.25, -0.2) is 0 Å². The molecule has 0 spiro atoms. The Balaban J connectivity index is 1.54. The summed E-state index contributed by atoms with van der Waals surface area (Å²) in [6, 6.07) is 6.13. The molecule has 0 N–H and O–H groups in total. The molecule has 0 aliphatic carbocycles. The first-order valence-electron chi connectivity index (χ1n) is 8.46. The predicted molar refractivity (Wildman–Crippen MR) is 87.0 cm³/mol. The normalized spacial score (nSPS) is 18.9. The molecule has 0 radical (unpaired) electrons. The van der Waals surface area contributed by atoms with E-state index in [9.17, 15) is 0 Å². The van der Waals surface area contributed by atoms with Crippen molar-refractivity contribution in [3.63, 3.8) is 0 Å². The molecule has 2 aromatic rings. The molecule has 3 rings (SSSR count). The van der Waals surface area contributed by atoms with Gasteiger partial charge >= 0.3 is 0 Å². The number of hydrogen-bond acceptors (Lipinski definition) is 5. The Labute approximate surface area is 137 Å². The van der Waals surface area contributed by atoms with Crippen molar-refractivity contribution in [1.29, 1.82) is 0 Å². The standard InChI is InChI=1S/C18H26N2O3/c1-13(2)18-10-14(19-23-18)11-20(3)12-15-7-8-17(22-15)16-6-4-5-9-21-16/h7-8,10,13,16H,4-6,9,11-12H2,1-3H3/t16-/m0/s1. The van der Waals surface area contributed by atoms with Gasteiger partial charge in [-0.05, 0) is 38.4 Å². The third kappa shape index (κ3) is 4.24. The van der Waals surface area contributed by atoms with Gasteiger partial charge in [-0.3, -0.25) is 4.90 Å². The highest BCUT2D eigenvalue weighted by Crippen LogP contribution is 2.29.